The predicted molar refractivity (Wildman–Crippen MR) is 81.4 cm³/mol. The second-order valence-corrected chi connectivity index (χ2v) is 6.82. The Bertz CT molecular complexity index is 582. The summed E-state index contributed by atoms with van der Waals surface area (Å²) >= 11 is 0. The number of hydrogen-bond donors (Lipinski definition) is 1. The number of benzene rings is 1. The highest BCUT2D eigenvalue weighted by Gasteiger charge is 2.22. The number of aryl methyl sites for hydroxylation is 2. The van der Waals surface area contributed by atoms with E-state index < -0.39 is 10.0 Å². The van der Waals surface area contributed by atoms with Crippen molar-refractivity contribution >= 4 is 21.6 Å². The van der Waals surface area contributed by atoms with Crippen LogP contribution in [0.1, 0.15) is 24.5 Å². The predicted octanol–water partition coefficient (Wildman–Crippen LogP) is 1.60. The molecular formula is C14H22N2O3S. The van der Waals surface area contributed by atoms with Gasteiger partial charge >= 0.3 is 0 Å². The van der Waals surface area contributed by atoms with Crippen molar-refractivity contribution in [2.45, 2.75) is 27.2 Å². The first-order chi connectivity index (χ1) is 9.25. The third-order valence-electron chi connectivity index (χ3n) is 2.89. The van der Waals surface area contributed by atoms with Gasteiger partial charge in [-0.3, -0.25) is 9.10 Å². The quantitative estimate of drug-likeness (QED) is 0.867. The Balaban J connectivity index is 3.08. The number of hydrogen-bond acceptors (Lipinski definition) is 3. The van der Waals surface area contributed by atoms with Crippen molar-refractivity contribution in [3.63, 3.8) is 0 Å². The lowest BCUT2D eigenvalue weighted by atomic mass is 10.1. The van der Waals surface area contributed by atoms with Crippen molar-refractivity contribution in [1.29, 1.82) is 0 Å². The van der Waals surface area contributed by atoms with Gasteiger partial charge in [0.25, 0.3) is 0 Å². The highest BCUT2D eigenvalue weighted by molar-refractivity contribution is 7.92. The molecule has 0 aliphatic rings. The van der Waals surface area contributed by atoms with Gasteiger partial charge in [0.05, 0.1) is 11.9 Å². The minimum absolute atomic E-state index is 0.191. The van der Waals surface area contributed by atoms with Crippen LogP contribution in [-0.4, -0.2) is 33.7 Å². The lowest BCUT2D eigenvalue weighted by Crippen LogP contribution is -2.40. The second-order valence-electron chi connectivity index (χ2n) is 4.91. The molecule has 5 nitrogen and oxygen atoms in total. The van der Waals surface area contributed by atoms with Crippen LogP contribution in [0.15, 0.2) is 18.2 Å². The SMILES string of the molecule is CCCNC(=O)CN(c1cc(C)ccc1C)S(C)(=O)=O. The van der Waals surface area contributed by atoms with E-state index in [-0.39, 0.29) is 12.5 Å². The summed E-state index contributed by atoms with van der Waals surface area (Å²) in [6.07, 6.45) is 1.93. The summed E-state index contributed by atoms with van der Waals surface area (Å²) in [5.74, 6) is -0.293. The van der Waals surface area contributed by atoms with E-state index in [1.807, 2.05) is 32.9 Å². The molecule has 0 aliphatic carbocycles. The van der Waals surface area contributed by atoms with Crippen LogP contribution in [0.5, 0.6) is 0 Å². The molecule has 0 radical (unpaired) electrons. The zero-order valence-electron chi connectivity index (χ0n) is 12.4. The van der Waals surface area contributed by atoms with Crippen molar-refractivity contribution in [2.24, 2.45) is 0 Å². The van der Waals surface area contributed by atoms with Gasteiger partial charge in [0.2, 0.25) is 15.9 Å². The van der Waals surface area contributed by atoms with Crippen molar-refractivity contribution in [1.82, 2.24) is 5.32 Å². The smallest absolute Gasteiger partial charge is 0.240 e. The number of nitrogens with zero attached hydrogens (tertiary/aromatic N) is 1. The fourth-order valence-corrected chi connectivity index (χ4v) is 2.73. The average Bonchev–Trinajstić information content (AvgIpc) is 2.35. The number of carbonyl (C=O) groups excluding carboxylic acids is 1. The molecule has 0 unspecified atom stereocenters. The van der Waals surface area contributed by atoms with Gasteiger partial charge in [-0.1, -0.05) is 19.1 Å². The van der Waals surface area contributed by atoms with Crippen LogP contribution in [0.2, 0.25) is 0 Å². The van der Waals surface area contributed by atoms with E-state index in [0.29, 0.717) is 12.2 Å². The molecule has 1 amide bonds. The number of amides is 1. The first-order valence-corrected chi connectivity index (χ1v) is 8.42. The molecule has 1 aromatic rings. The molecule has 0 bridgehead atoms. The molecule has 0 aromatic heterocycles. The topological polar surface area (TPSA) is 66.5 Å². The Morgan fingerprint density at radius 3 is 2.50 bits per heavy atom. The summed E-state index contributed by atoms with van der Waals surface area (Å²) < 4.78 is 25.1. The van der Waals surface area contributed by atoms with Crippen LogP contribution < -0.4 is 9.62 Å². The van der Waals surface area contributed by atoms with E-state index in [0.717, 1.165) is 28.1 Å². The number of nitrogens with one attached hydrogen (secondary N) is 1. The molecule has 112 valence electrons. The molecular weight excluding hydrogens is 276 g/mol. The number of sulfonamides is 1. The van der Waals surface area contributed by atoms with E-state index in [1.165, 1.54) is 0 Å². The largest absolute Gasteiger partial charge is 0.355 e. The van der Waals surface area contributed by atoms with Crippen LogP contribution in [0, 0.1) is 13.8 Å². The Hall–Kier alpha value is -1.56. The van der Waals surface area contributed by atoms with Gasteiger partial charge in [0, 0.05) is 6.54 Å². The van der Waals surface area contributed by atoms with E-state index in [9.17, 15) is 13.2 Å². The zero-order chi connectivity index (χ0) is 15.3. The van der Waals surface area contributed by atoms with Gasteiger partial charge in [-0.15, -0.1) is 0 Å². The maximum absolute atomic E-state index is 12.0. The van der Waals surface area contributed by atoms with Gasteiger partial charge in [-0.05, 0) is 37.5 Å². The lowest BCUT2D eigenvalue weighted by molar-refractivity contribution is -0.119. The summed E-state index contributed by atoms with van der Waals surface area (Å²) in [6.45, 7) is 6.02. The molecule has 6 heteroatoms. The molecule has 1 N–H and O–H groups in total. The minimum atomic E-state index is -3.50. The maximum atomic E-state index is 12.0. The highest BCUT2D eigenvalue weighted by Crippen LogP contribution is 2.23. The Morgan fingerprint density at radius 1 is 1.30 bits per heavy atom. The van der Waals surface area contributed by atoms with Gasteiger partial charge in [-0.2, -0.15) is 0 Å². The van der Waals surface area contributed by atoms with Crippen molar-refractivity contribution in [3.8, 4) is 0 Å². The minimum Gasteiger partial charge on any atom is -0.355 e. The fourth-order valence-electron chi connectivity index (χ4n) is 1.82. The third-order valence-corrected chi connectivity index (χ3v) is 4.02. The van der Waals surface area contributed by atoms with Gasteiger partial charge < -0.3 is 5.32 Å². The zero-order valence-corrected chi connectivity index (χ0v) is 13.3. The van der Waals surface area contributed by atoms with Crippen molar-refractivity contribution in [2.75, 3.05) is 23.7 Å². The molecule has 1 aromatic carbocycles. The molecule has 0 atom stereocenters. The average molecular weight is 298 g/mol. The van der Waals surface area contributed by atoms with Crippen LogP contribution in [0.4, 0.5) is 5.69 Å². The van der Waals surface area contributed by atoms with Gasteiger partial charge in [-0.25, -0.2) is 8.42 Å². The molecule has 0 aliphatic heterocycles. The molecule has 0 fully saturated rings. The van der Waals surface area contributed by atoms with Crippen LogP contribution >= 0.6 is 0 Å². The first kappa shape index (κ1) is 16.5. The molecule has 0 heterocycles. The Morgan fingerprint density at radius 2 is 1.95 bits per heavy atom. The Kier molecular flexibility index (Phi) is 5.56. The standard InChI is InChI=1S/C14H22N2O3S/c1-5-8-15-14(17)10-16(20(4,18)19)13-9-11(2)6-7-12(13)3/h6-7,9H,5,8,10H2,1-4H3,(H,15,17). The van der Waals surface area contributed by atoms with Crippen molar-refractivity contribution < 1.29 is 13.2 Å². The number of rotatable bonds is 6. The Labute approximate surface area is 121 Å². The maximum Gasteiger partial charge on any atom is 0.240 e. The van der Waals surface area contributed by atoms with Gasteiger partial charge in [0.15, 0.2) is 0 Å². The number of anilines is 1. The van der Waals surface area contributed by atoms with Gasteiger partial charge in [0.1, 0.15) is 6.54 Å². The second kappa shape index (κ2) is 6.74. The summed E-state index contributed by atoms with van der Waals surface area (Å²) in [6, 6.07) is 5.55. The summed E-state index contributed by atoms with van der Waals surface area (Å²) in [5, 5.41) is 2.69. The van der Waals surface area contributed by atoms with E-state index >= 15 is 0 Å². The van der Waals surface area contributed by atoms with Crippen LogP contribution in [-0.2, 0) is 14.8 Å². The molecule has 0 saturated carbocycles. The number of carbonyl (C=O) groups is 1. The summed E-state index contributed by atoms with van der Waals surface area (Å²) in [5.41, 5.74) is 2.33. The lowest BCUT2D eigenvalue weighted by Gasteiger charge is -2.24. The van der Waals surface area contributed by atoms with E-state index in [4.69, 9.17) is 0 Å². The van der Waals surface area contributed by atoms with E-state index in [1.54, 1.807) is 6.07 Å². The summed E-state index contributed by atoms with van der Waals surface area (Å²) in [4.78, 5) is 11.8. The normalized spacial score (nSPS) is 11.2. The third kappa shape index (κ3) is 4.52. The van der Waals surface area contributed by atoms with Crippen LogP contribution in [0.3, 0.4) is 0 Å². The highest BCUT2D eigenvalue weighted by atomic mass is 32.2. The fraction of sp³-hybridized carbons (Fsp3) is 0.500. The monoisotopic (exact) mass is 298 g/mol. The molecule has 20 heavy (non-hydrogen) atoms. The molecule has 0 spiro atoms. The molecule has 0 saturated heterocycles. The van der Waals surface area contributed by atoms with Crippen LogP contribution in [0.25, 0.3) is 0 Å². The van der Waals surface area contributed by atoms with E-state index in [2.05, 4.69) is 5.32 Å². The van der Waals surface area contributed by atoms with Crippen molar-refractivity contribution in [3.05, 3.63) is 29.3 Å². The summed E-state index contributed by atoms with van der Waals surface area (Å²) in [7, 11) is -3.50. The molecule has 1 rings (SSSR count). The first-order valence-electron chi connectivity index (χ1n) is 6.57.